The van der Waals surface area contributed by atoms with Crippen LogP contribution in [-0.2, 0) is 13.0 Å². The number of ketones is 1. The van der Waals surface area contributed by atoms with Crippen molar-refractivity contribution in [1.29, 1.82) is 0 Å². The molecule has 2 heterocycles. The molecule has 0 saturated heterocycles. The van der Waals surface area contributed by atoms with Gasteiger partial charge in [-0.05, 0) is 46.6 Å². The zero-order valence-electron chi connectivity index (χ0n) is 10.9. The molecule has 5 heteroatoms. The minimum absolute atomic E-state index is 0.175. The molecule has 0 saturated carbocycles. The molecule has 0 atom stereocenters. The van der Waals surface area contributed by atoms with Gasteiger partial charge in [-0.25, -0.2) is 0 Å². The molecule has 0 spiro atoms. The number of rotatable bonds is 7. The Bertz CT molecular complexity index is 534. The third kappa shape index (κ3) is 3.76. The van der Waals surface area contributed by atoms with Crippen molar-refractivity contribution in [3.8, 4) is 0 Å². The smallest absolute Gasteiger partial charge is 0.182 e. The molecule has 0 fully saturated rings. The van der Waals surface area contributed by atoms with Gasteiger partial charge >= 0.3 is 0 Å². The molecule has 19 heavy (non-hydrogen) atoms. The van der Waals surface area contributed by atoms with Gasteiger partial charge in [-0.2, -0.15) is 5.10 Å². The van der Waals surface area contributed by atoms with Crippen LogP contribution in [-0.4, -0.2) is 15.6 Å². The van der Waals surface area contributed by atoms with Crippen LogP contribution in [0.2, 0.25) is 0 Å². The van der Waals surface area contributed by atoms with E-state index in [-0.39, 0.29) is 5.78 Å². The van der Waals surface area contributed by atoms with Crippen LogP contribution in [0.25, 0.3) is 0 Å². The lowest BCUT2D eigenvalue weighted by Crippen LogP contribution is -2.11. The van der Waals surface area contributed by atoms with E-state index in [0.717, 1.165) is 30.3 Å². The van der Waals surface area contributed by atoms with E-state index >= 15 is 0 Å². The van der Waals surface area contributed by atoms with Crippen LogP contribution in [0.15, 0.2) is 28.2 Å². The van der Waals surface area contributed by atoms with Gasteiger partial charge in [-0.1, -0.05) is 13.0 Å². The quantitative estimate of drug-likeness (QED) is 0.703. The minimum Gasteiger partial charge on any atom is -0.292 e. The number of aryl methyl sites for hydroxylation is 2. The van der Waals surface area contributed by atoms with Crippen molar-refractivity contribution in [2.45, 2.75) is 39.2 Å². The summed E-state index contributed by atoms with van der Waals surface area (Å²) in [7, 11) is 0. The first-order valence-corrected chi connectivity index (χ1v) is 8.16. The van der Waals surface area contributed by atoms with Crippen LogP contribution < -0.4 is 0 Å². The largest absolute Gasteiger partial charge is 0.292 e. The van der Waals surface area contributed by atoms with Gasteiger partial charge in [0.1, 0.15) is 5.69 Å². The fourth-order valence-electron chi connectivity index (χ4n) is 2.02. The number of nitrogens with zero attached hydrogens (tertiary/aromatic N) is 2. The van der Waals surface area contributed by atoms with E-state index in [0.29, 0.717) is 12.1 Å². The van der Waals surface area contributed by atoms with Crippen LogP contribution >= 0.6 is 27.3 Å². The highest BCUT2D eigenvalue weighted by atomic mass is 79.9. The zero-order chi connectivity index (χ0) is 13.7. The summed E-state index contributed by atoms with van der Waals surface area (Å²) in [4.78, 5) is 13.6. The van der Waals surface area contributed by atoms with E-state index in [2.05, 4.69) is 45.5 Å². The highest BCUT2D eigenvalue weighted by Crippen LogP contribution is 2.20. The lowest BCUT2D eigenvalue weighted by atomic mass is 10.1. The van der Waals surface area contributed by atoms with Gasteiger partial charge in [0.25, 0.3) is 0 Å². The van der Waals surface area contributed by atoms with Crippen molar-refractivity contribution in [2.24, 2.45) is 0 Å². The van der Waals surface area contributed by atoms with Gasteiger partial charge in [0, 0.05) is 17.8 Å². The molecule has 2 rings (SSSR count). The highest BCUT2D eigenvalue weighted by molar-refractivity contribution is 9.10. The highest BCUT2D eigenvalue weighted by Gasteiger charge is 2.16. The molecule has 0 amide bonds. The van der Waals surface area contributed by atoms with Gasteiger partial charge in [0.05, 0.1) is 10.7 Å². The van der Waals surface area contributed by atoms with E-state index in [4.69, 9.17) is 0 Å². The molecule has 0 radical (unpaired) electrons. The Hall–Kier alpha value is -0.940. The summed E-state index contributed by atoms with van der Waals surface area (Å²) in [6.45, 7) is 2.87. The number of hydrogen-bond donors (Lipinski definition) is 0. The Morgan fingerprint density at radius 1 is 1.53 bits per heavy atom. The van der Waals surface area contributed by atoms with Crippen LogP contribution in [0, 0.1) is 0 Å². The van der Waals surface area contributed by atoms with Gasteiger partial charge in [0.15, 0.2) is 5.78 Å². The lowest BCUT2D eigenvalue weighted by Gasteiger charge is -2.05. The first-order valence-electron chi connectivity index (χ1n) is 6.49. The Kier molecular flexibility index (Phi) is 5.34. The second-order valence-electron chi connectivity index (χ2n) is 4.42. The van der Waals surface area contributed by atoms with Crippen LogP contribution in [0.1, 0.15) is 41.6 Å². The van der Waals surface area contributed by atoms with E-state index in [1.807, 2.05) is 0 Å². The molecule has 0 aliphatic heterocycles. The topological polar surface area (TPSA) is 34.9 Å². The normalized spacial score (nSPS) is 10.8. The maximum absolute atomic E-state index is 12.3. The molecule has 0 aliphatic rings. The van der Waals surface area contributed by atoms with Crippen molar-refractivity contribution in [1.82, 2.24) is 9.78 Å². The molecular weight excluding hydrogens is 324 g/mol. The van der Waals surface area contributed by atoms with Gasteiger partial charge < -0.3 is 0 Å². The zero-order valence-corrected chi connectivity index (χ0v) is 13.3. The molecule has 0 aromatic carbocycles. The average molecular weight is 341 g/mol. The number of carbonyl (C=O) groups excluding carboxylic acids is 1. The summed E-state index contributed by atoms with van der Waals surface area (Å²) >= 11 is 5.16. The summed E-state index contributed by atoms with van der Waals surface area (Å²) in [5, 5.41) is 6.31. The molecule has 0 unspecified atom stereocenters. The lowest BCUT2D eigenvalue weighted by molar-refractivity contribution is 0.0969. The third-order valence-corrected chi connectivity index (χ3v) is 4.42. The van der Waals surface area contributed by atoms with E-state index in [1.165, 1.54) is 4.88 Å². The first-order chi connectivity index (χ1) is 9.22. The Morgan fingerprint density at radius 2 is 2.37 bits per heavy atom. The number of Topliss-reactive ketones (excluding diaryl/α,β-unsaturated/α-hetero) is 1. The second-order valence-corrected chi connectivity index (χ2v) is 6.31. The summed E-state index contributed by atoms with van der Waals surface area (Å²) in [6.07, 6.45) is 5.13. The number of aromatic nitrogens is 2. The summed E-state index contributed by atoms with van der Waals surface area (Å²) in [5.41, 5.74) is 0.716. The predicted octanol–water partition coefficient (Wildman–Crippen LogP) is 4.32. The number of halogens is 1. The monoisotopic (exact) mass is 340 g/mol. The molecule has 0 N–H and O–H groups in total. The second kappa shape index (κ2) is 7.01. The Labute approximate surface area is 125 Å². The minimum atomic E-state index is 0.175. The van der Waals surface area contributed by atoms with Crippen molar-refractivity contribution in [3.05, 3.63) is 38.8 Å². The summed E-state index contributed by atoms with van der Waals surface area (Å²) in [5.74, 6) is 0.175. The standard InChI is InChI=1S/C14H17BrN2OS/c1-2-8-17-14(12(15)10-16-17)13(18)7-3-5-11-6-4-9-19-11/h4,6,9-10H,2-3,5,7-8H2,1H3. The molecule has 0 aliphatic carbocycles. The Morgan fingerprint density at radius 3 is 3.05 bits per heavy atom. The molecule has 2 aromatic rings. The Balaban J connectivity index is 1.94. The van der Waals surface area contributed by atoms with Gasteiger partial charge in [-0.15, -0.1) is 11.3 Å². The van der Waals surface area contributed by atoms with Gasteiger partial charge in [0.2, 0.25) is 0 Å². The molecule has 2 aromatic heterocycles. The van der Waals surface area contributed by atoms with Gasteiger partial charge in [-0.3, -0.25) is 9.48 Å². The summed E-state index contributed by atoms with van der Waals surface area (Å²) in [6, 6.07) is 4.17. The van der Waals surface area contributed by atoms with Crippen molar-refractivity contribution in [3.63, 3.8) is 0 Å². The predicted molar refractivity (Wildman–Crippen MR) is 81.8 cm³/mol. The van der Waals surface area contributed by atoms with E-state index in [9.17, 15) is 4.79 Å². The maximum Gasteiger partial charge on any atom is 0.182 e. The van der Waals surface area contributed by atoms with Crippen molar-refractivity contribution in [2.75, 3.05) is 0 Å². The molecule has 3 nitrogen and oxygen atoms in total. The van der Waals surface area contributed by atoms with Crippen LogP contribution in [0.4, 0.5) is 0 Å². The van der Waals surface area contributed by atoms with Crippen LogP contribution in [0.5, 0.6) is 0 Å². The maximum atomic E-state index is 12.3. The average Bonchev–Trinajstić information content (AvgIpc) is 3.00. The van der Waals surface area contributed by atoms with Crippen molar-refractivity contribution >= 4 is 33.0 Å². The SMILES string of the molecule is CCCn1ncc(Br)c1C(=O)CCCc1cccs1. The third-order valence-electron chi connectivity index (χ3n) is 2.90. The van der Waals surface area contributed by atoms with E-state index in [1.54, 1.807) is 22.2 Å². The molecular formula is C14H17BrN2OS. The fraction of sp³-hybridized carbons (Fsp3) is 0.429. The number of thiophene rings is 1. The fourth-order valence-corrected chi connectivity index (χ4v) is 3.29. The van der Waals surface area contributed by atoms with Crippen LogP contribution in [0.3, 0.4) is 0 Å². The van der Waals surface area contributed by atoms with E-state index < -0.39 is 0 Å². The molecule has 0 bridgehead atoms. The first kappa shape index (κ1) is 14.5. The number of carbonyl (C=O) groups is 1. The van der Waals surface area contributed by atoms with Crippen molar-refractivity contribution < 1.29 is 4.79 Å². The molecule has 102 valence electrons. The summed E-state index contributed by atoms with van der Waals surface area (Å²) < 4.78 is 2.61. The number of hydrogen-bond acceptors (Lipinski definition) is 3.